The van der Waals surface area contributed by atoms with Crippen LogP contribution in [-0.2, 0) is 14.2 Å². The highest BCUT2D eigenvalue weighted by atomic mass is 79.9. The lowest BCUT2D eigenvalue weighted by atomic mass is 9.97. The molecule has 2 aliphatic heterocycles. The number of aliphatic hydroxyl groups excluding tert-OH is 7. The average molecular weight is 405 g/mol. The van der Waals surface area contributed by atoms with Crippen molar-refractivity contribution < 1.29 is 50.0 Å². The summed E-state index contributed by atoms with van der Waals surface area (Å²) in [6.45, 7) is -1.18. The Labute approximate surface area is 140 Å². The Morgan fingerprint density at radius 2 is 1.35 bits per heavy atom. The van der Waals surface area contributed by atoms with E-state index in [-0.39, 0.29) is 0 Å². The molecule has 0 aromatic rings. The Morgan fingerprint density at radius 3 is 1.91 bits per heavy atom. The van der Waals surface area contributed by atoms with Gasteiger partial charge in [-0.3, -0.25) is 0 Å². The van der Waals surface area contributed by atoms with Crippen LogP contribution in [-0.4, -0.2) is 109 Å². The van der Waals surface area contributed by atoms with Crippen molar-refractivity contribution in [2.45, 2.75) is 60.1 Å². The molecule has 0 aliphatic carbocycles. The van der Waals surface area contributed by atoms with Gasteiger partial charge in [0.25, 0.3) is 0 Å². The van der Waals surface area contributed by atoms with Gasteiger partial charge in [0.05, 0.1) is 13.2 Å². The van der Waals surface area contributed by atoms with Gasteiger partial charge in [-0.2, -0.15) is 0 Å². The number of aliphatic hydroxyl groups is 7. The maximum absolute atomic E-state index is 10.1. The van der Waals surface area contributed by atoms with Crippen LogP contribution in [0.1, 0.15) is 0 Å². The normalized spacial score (nSPS) is 51.7. The molecule has 10 nitrogen and oxygen atoms in total. The first-order valence-corrected chi connectivity index (χ1v) is 7.95. The first-order valence-electron chi connectivity index (χ1n) is 7.04. The molecule has 2 heterocycles. The lowest BCUT2D eigenvalue weighted by molar-refractivity contribution is -0.337. The van der Waals surface area contributed by atoms with Crippen LogP contribution in [0.3, 0.4) is 0 Å². The SMILES string of the molecule is OCC1O[C@@H](O[C@@H]2C(CO)O[C@@H](Br)C(O)C2O)C(O)C(O)[C@@H]1O. The fraction of sp³-hybridized carbons (Fsp3) is 1.00. The summed E-state index contributed by atoms with van der Waals surface area (Å²) in [7, 11) is 0. The van der Waals surface area contributed by atoms with Gasteiger partial charge in [-0.15, -0.1) is 0 Å². The van der Waals surface area contributed by atoms with Crippen molar-refractivity contribution in [3.63, 3.8) is 0 Å². The number of hydrogen-bond donors (Lipinski definition) is 7. The largest absolute Gasteiger partial charge is 0.394 e. The van der Waals surface area contributed by atoms with Crippen molar-refractivity contribution in [2.24, 2.45) is 0 Å². The van der Waals surface area contributed by atoms with E-state index in [4.69, 9.17) is 19.3 Å². The second-order valence-electron chi connectivity index (χ2n) is 5.49. The fourth-order valence-electron chi connectivity index (χ4n) is 2.54. The summed E-state index contributed by atoms with van der Waals surface area (Å²) in [6.07, 6.45) is -12.7. The van der Waals surface area contributed by atoms with Crippen LogP contribution in [0, 0.1) is 0 Å². The van der Waals surface area contributed by atoms with Gasteiger partial charge < -0.3 is 50.0 Å². The van der Waals surface area contributed by atoms with Crippen LogP contribution in [0.15, 0.2) is 0 Å². The molecule has 7 N–H and O–H groups in total. The molecule has 0 radical (unpaired) electrons. The van der Waals surface area contributed by atoms with Crippen LogP contribution in [0.2, 0.25) is 0 Å². The van der Waals surface area contributed by atoms with E-state index < -0.39 is 73.3 Å². The van der Waals surface area contributed by atoms with E-state index in [1.54, 1.807) is 0 Å². The Kier molecular flexibility index (Phi) is 6.73. The standard InChI is InChI=1S/C12H21BrO10/c13-11-8(19)7(18)10(4(2-15)21-11)23-12-9(20)6(17)5(16)3(1-14)22-12/h3-12,14-20H,1-2H2/t3?,4?,5-,6?,7?,8?,9?,10-,11-,12+/m1/s1. The molecule has 136 valence electrons. The predicted molar refractivity (Wildman–Crippen MR) is 75.3 cm³/mol. The van der Waals surface area contributed by atoms with E-state index >= 15 is 0 Å². The van der Waals surface area contributed by atoms with Gasteiger partial charge >= 0.3 is 0 Å². The summed E-state index contributed by atoms with van der Waals surface area (Å²) >= 11 is 2.99. The third kappa shape index (κ3) is 3.85. The van der Waals surface area contributed by atoms with Gasteiger partial charge in [0, 0.05) is 0 Å². The lowest BCUT2D eigenvalue weighted by Gasteiger charge is -2.45. The summed E-state index contributed by atoms with van der Waals surface area (Å²) in [5.74, 6) is 0. The van der Waals surface area contributed by atoms with Gasteiger partial charge in [-0.1, -0.05) is 15.9 Å². The molecule has 0 aromatic carbocycles. The third-order valence-electron chi connectivity index (χ3n) is 3.95. The Bertz CT molecular complexity index is 383. The highest BCUT2D eigenvalue weighted by Gasteiger charge is 2.49. The quantitative estimate of drug-likeness (QED) is 0.229. The highest BCUT2D eigenvalue weighted by Crippen LogP contribution is 2.30. The molecule has 0 saturated carbocycles. The minimum atomic E-state index is -1.67. The van der Waals surface area contributed by atoms with E-state index in [9.17, 15) is 30.6 Å². The zero-order valence-corrected chi connectivity index (χ0v) is 13.5. The second-order valence-corrected chi connectivity index (χ2v) is 6.39. The van der Waals surface area contributed by atoms with Crippen LogP contribution in [0.25, 0.3) is 0 Å². The summed E-state index contributed by atoms with van der Waals surface area (Å²) in [5, 5.41) is 66.7. The smallest absolute Gasteiger partial charge is 0.187 e. The zero-order valence-electron chi connectivity index (χ0n) is 11.9. The molecule has 0 amide bonds. The fourth-order valence-corrected chi connectivity index (χ4v) is 3.13. The summed E-state index contributed by atoms with van der Waals surface area (Å²) in [5.41, 5.74) is 0. The van der Waals surface area contributed by atoms with E-state index in [1.165, 1.54) is 0 Å². The maximum atomic E-state index is 10.1. The van der Waals surface area contributed by atoms with Gasteiger partial charge in [-0.25, -0.2) is 0 Å². The molecule has 2 aliphatic rings. The number of ether oxygens (including phenoxy) is 3. The van der Waals surface area contributed by atoms with Crippen molar-refractivity contribution in [3.8, 4) is 0 Å². The predicted octanol–water partition coefficient (Wildman–Crippen LogP) is -3.99. The minimum absolute atomic E-state index is 0.548. The lowest BCUT2D eigenvalue weighted by Crippen LogP contribution is -2.63. The van der Waals surface area contributed by atoms with Crippen molar-refractivity contribution >= 4 is 15.9 Å². The molecule has 2 rings (SSSR count). The van der Waals surface area contributed by atoms with Gasteiger partial charge in [0.1, 0.15) is 53.8 Å². The number of rotatable bonds is 4. The van der Waals surface area contributed by atoms with Crippen molar-refractivity contribution in [1.29, 1.82) is 0 Å². The topological polar surface area (TPSA) is 169 Å². The molecule has 23 heavy (non-hydrogen) atoms. The first kappa shape index (κ1) is 19.4. The summed E-state index contributed by atoms with van der Waals surface area (Å²) in [6, 6.07) is 0. The molecule has 10 atom stereocenters. The number of halogens is 1. The van der Waals surface area contributed by atoms with Gasteiger partial charge in [0.2, 0.25) is 0 Å². The summed E-state index contributed by atoms with van der Waals surface area (Å²) in [4.78, 5) is 0. The monoisotopic (exact) mass is 404 g/mol. The molecule has 0 spiro atoms. The zero-order chi connectivity index (χ0) is 17.3. The molecule has 0 aromatic heterocycles. The minimum Gasteiger partial charge on any atom is -0.394 e. The number of alkyl halides is 1. The van der Waals surface area contributed by atoms with Crippen LogP contribution >= 0.6 is 15.9 Å². The first-order chi connectivity index (χ1) is 10.8. The van der Waals surface area contributed by atoms with E-state index in [0.29, 0.717) is 0 Å². The molecule has 2 saturated heterocycles. The molecule has 2 fully saturated rings. The maximum Gasteiger partial charge on any atom is 0.187 e. The second kappa shape index (κ2) is 7.97. The van der Waals surface area contributed by atoms with Crippen molar-refractivity contribution in [3.05, 3.63) is 0 Å². The summed E-state index contributed by atoms with van der Waals surface area (Å²) < 4.78 is 15.8. The molecular formula is C12H21BrO10. The van der Waals surface area contributed by atoms with E-state index in [0.717, 1.165) is 0 Å². The average Bonchev–Trinajstić information content (AvgIpc) is 2.55. The van der Waals surface area contributed by atoms with E-state index in [2.05, 4.69) is 15.9 Å². The van der Waals surface area contributed by atoms with Crippen LogP contribution < -0.4 is 0 Å². The molecule has 6 unspecified atom stereocenters. The molecule has 0 bridgehead atoms. The Balaban J connectivity index is 2.11. The van der Waals surface area contributed by atoms with Crippen LogP contribution in [0.4, 0.5) is 0 Å². The van der Waals surface area contributed by atoms with Crippen molar-refractivity contribution in [1.82, 2.24) is 0 Å². The van der Waals surface area contributed by atoms with Gasteiger partial charge in [0.15, 0.2) is 6.29 Å². The Morgan fingerprint density at radius 1 is 0.739 bits per heavy atom. The third-order valence-corrected chi connectivity index (χ3v) is 4.70. The van der Waals surface area contributed by atoms with Crippen molar-refractivity contribution in [2.75, 3.05) is 13.2 Å². The van der Waals surface area contributed by atoms with Gasteiger partial charge in [-0.05, 0) is 0 Å². The van der Waals surface area contributed by atoms with Crippen LogP contribution in [0.5, 0.6) is 0 Å². The van der Waals surface area contributed by atoms with E-state index in [1.807, 2.05) is 0 Å². The highest BCUT2D eigenvalue weighted by molar-refractivity contribution is 9.09. The molecule has 11 heteroatoms. The number of hydrogen-bond acceptors (Lipinski definition) is 10. The molecular weight excluding hydrogens is 384 g/mol. The Hall–Kier alpha value is 0.0800.